The molecule has 0 radical (unpaired) electrons. The molecule has 0 spiro atoms. The average molecular weight is 437 g/mol. The van der Waals surface area contributed by atoms with E-state index in [-0.39, 0.29) is 24.3 Å². The largest absolute Gasteiger partial charge is 0.462 e. The SMILES string of the molecule is CCCCCn1c(=O)c2ccccc2n(CC(=O)Nc2ccccc2C(=O)OCC)c1=O. The molecule has 0 aliphatic heterocycles. The van der Waals surface area contributed by atoms with Crippen molar-refractivity contribution in [3.8, 4) is 0 Å². The number of carbonyl (C=O) groups excluding carboxylic acids is 2. The van der Waals surface area contributed by atoms with Crippen LogP contribution in [0.4, 0.5) is 5.69 Å². The van der Waals surface area contributed by atoms with E-state index in [0.717, 1.165) is 12.8 Å². The number of fused-ring (bicyclic) bond motifs is 1. The molecular weight excluding hydrogens is 410 g/mol. The van der Waals surface area contributed by atoms with Crippen LogP contribution in [-0.2, 0) is 22.6 Å². The zero-order valence-corrected chi connectivity index (χ0v) is 18.3. The molecule has 32 heavy (non-hydrogen) atoms. The van der Waals surface area contributed by atoms with Crippen LogP contribution in [-0.4, -0.2) is 27.6 Å². The number of para-hydroxylation sites is 2. The second kappa shape index (κ2) is 10.6. The van der Waals surface area contributed by atoms with E-state index in [0.29, 0.717) is 29.6 Å². The first-order valence-electron chi connectivity index (χ1n) is 10.8. The Morgan fingerprint density at radius 1 is 0.938 bits per heavy atom. The maximum Gasteiger partial charge on any atom is 0.340 e. The number of rotatable bonds is 9. The highest BCUT2D eigenvalue weighted by Gasteiger charge is 2.17. The van der Waals surface area contributed by atoms with Gasteiger partial charge in [-0.25, -0.2) is 9.59 Å². The van der Waals surface area contributed by atoms with Gasteiger partial charge >= 0.3 is 11.7 Å². The summed E-state index contributed by atoms with van der Waals surface area (Å²) in [7, 11) is 0. The first kappa shape index (κ1) is 23.0. The highest BCUT2D eigenvalue weighted by Crippen LogP contribution is 2.17. The first-order chi connectivity index (χ1) is 15.5. The standard InChI is InChI=1S/C24H27N3O5/c1-3-5-10-15-26-22(29)18-12-7-9-14-20(18)27(24(26)31)16-21(28)25-19-13-8-6-11-17(19)23(30)32-4-2/h6-9,11-14H,3-5,10,15-16H2,1-2H3,(H,25,28). The van der Waals surface area contributed by atoms with E-state index in [1.54, 1.807) is 55.5 Å². The van der Waals surface area contributed by atoms with Gasteiger partial charge in [-0.1, -0.05) is 44.0 Å². The first-order valence-corrected chi connectivity index (χ1v) is 10.8. The molecule has 1 N–H and O–H groups in total. The third-order valence-corrected chi connectivity index (χ3v) is 5.12. The van der Waals surface area contributed by atoms with Crippen molar-refractivity contribution in [2.24, 2.45) is 0 Å². The monoisotopic (exact) mass is 437 g/mol. The van der Waals surface area contributed by atoms with Crippen molar-refractivity contribution in [1.82, 2.24) is 9.13 Å². The molecular formula is C24H27N3O5. The summed E-state index contributed by atoms with van der Waals surface area (Å²) < 4.78 is 7.53. The van der Waals surface area contributed by atoms with Crippen LogP contribution < -0.4 is 16.6 Å². The Morgan fingerprint density at radius 2 is 1.66 bits per heavy atom. The van der Waals surface area contributed by atoms with E-state index < -0.39 is 17.6 Å². The summed E-state index contributed by atoms with van der Waals surface area (Å²) in [6.45, 7) is 3.95. The molecule has 168 valence electrons. The number of ether oxygens (including phenoxy) is 1. The minimum Gasteiger partial charge on any atom is -0.462 e. The molecule has 0 atom stereocenters. The van der Waals surface area contributed by atoms with Gasteiger partial charge in [0.15, 0.2) is 0 Å². The third kappa shape index (κ3) is 4.96. The molecule has 1 aromatic heterocycles. The molecule has 1 heterocycles. The van der Waals surface area contributed by atoms with Crippen molar-refractivity contribution in [2.75, 3.05) is 11.9 Å². The van der Waals surface area contributed by atoms with Crippen molar-refractivity contribution in [2.45, 2.75) is 46.2 Å². The number of anilines is 1. The molecule has 8 nitrogen and oxygen atoms in total. The van der Waals surface area contributed by atoms with E-state index >= 15 is 0 Å². The van der Waals surface area contributed by atoms with Gasteiger partial charge in [0.05, 0.1) is 28.8 Å². The van der Waals surface area contributed by atoms with Crippen LogP contribution in [0.5, 0.6) is 0 Å². The van der Waals surface area contributed by atoms with Gasteiger partial charge in [0.1, 0.15) is 6.54 Å². The van der Waals surface area contributed by atoms with Crippen molar-refractivity contribution in [3.05, 3.63) is 74.9 Å². The number of hydrogen-bond acceptors (Lipinski definition) is 5. The Bertz CT molecular complexity index is 1240. The molecule has 3 aromatic rings. The normalized spacial score (nSPS) is 10.8. The van der Waals surface area contributed by atoms with Gasteiger partial charge in [0, 0.05) is 6.54 Å². The summed E-state index contributed by atoms with van der Waals surface area (Å²) in [4.78, 5) is 51.0. The van der Waals surface area contributed by atoms with Crippen molar-refractivity contribution < 1.29 is 14.3 Å². The molecule has 2 aromatic carbocycles. The summed E-state index contributed by atoms with van der Waals surface area (Å²) >= 11 is 0. The fraction of sp³-hybridized carbons (Fsp3) is 0.333. The summed E-state index contributed by atoms with van der Waals surface area (Å²) in [6.07, 6.45) is 2.55. The van der Waals surface area contributed by atoms with Crippen LogP contribution in [0, 0.1) is 0 Å². The lowest BCUT2D eigenvalue weighted by Crippen LogP contribution is -2.41. The lowest BCUT2D eigenvalue weighted by Gasteiger charge is -2.15. The summed E-state index contributed by atoms with van der Waals surface area (Å²) in [5.41, 5.74) is 0.0294. The van der Waals surface area contributed by atoms with Crippen LogP contribution in [0.3, 0.4) is 0 Å². The predicted octanol–water partition coefficient (Wildman–Crippen LogP) is 3.17. The molecule has 0 fully saturated rings. The summed E-state index contributed by atoms with van der Waals surface area (Å²) in [5, 5.41) is 3.07. The Balaban J connectivity index is 1.96. The van der Waals surface area contributed by atoms with Crippen LogP contribution in [0.1, 0.15) is 43.5 Å². The lowest BCUT2D eigenvalue weighted by atomic mass is 10.2. The number of esters is 1. The lowest BCUT2D eigenvalue weighted by molar-refractivity contribution is -0.116. The van der Waals surface area contributed by atoms with Gasteiger partial charge in [-0.2, -0.15) is 0 Å². The number of benzene rings is 2. The second-order valence-electron chi connectivity index (χ2n) is 7.36. The molecule has 0 aliphatic carbocycles. The fourth-order valence-corrected chi connectivity index (χ4v) is 3.55. The Labute approximate surface area is 185 Å². The van der Waals surface area contributed by atoms with Gasteiger partial charge < -0.3 is 10.1 Å². The molecule has 3 rings (SSSR count). The second-order valence-corrected chi connectivity index (χ2v) is 7.36. The average Bonchev–Trinajstić information content (AvgIpc) is 2.79. The number of nitrogens with zero attached hydrogens (tertiary/aromatic N) is 2. The van der Waals surface area contributed by atoms with E-state index in [9.17, 15) is 19.2 Å². The molecule has 1 amide bonds. The van der Waals surface area contributed by atoms with Crippen LogP contribution in [0.2, 0.25) is 0 Å². The molecule has 0 saturated carbocycles. The van der Waals surface area contributed by atoms with Crippen LogP contribution in [0.25, 0.3) is 10.9 Å². The highest BCUT2D eigenvalue weighted by atomic mass is 16.5. The fourth-order valence-electron chi connectivity index (χ4n) is 3.55. The quantitative estimate of drug-likeness (QED) is 0.409. The summed E-state index contributed by atoms with van der Waals surface area (Å²) in [5.74, 6) is -1.04. The number of aromatic nitrogens is 2. The Kier molecular flexibility index (Phi) is 7.59. The molecule has 0 saturated heterocycles. The van der Waals surface area contributed by atoms with Crippen LogP contribution >= 0.6 is 0 Å². The number of nitrogens with one attached hydrogen (secondary N) is 1. The zero-order chi connectivity index (χ0) is 23.1. The highest BCUT2D eigenvalue weighted by molar-refractivity contribution is 6.01. The van der Waals surface area contributed by atoms with E-state index in [4.69, 9.17) is 4.74 Å². The zero-order valence-electron chi connectivity index (χ0n) is 18.3. The smallest absolute Gasteiger partial charge is 0.340 e. The Morgan fingerprint density at radius 3 is 2.41 bits per heavy atom. The minimum absolute atomic E-state index is 0.210. The minimum atomic E-state index is -0.546. The molecule has 8 heteroatoms. The molecule has 0 aliphatic rings. The van der Waals surface area contributed by atoms with E-state index in [1.807, 2.05) is 6.92 Å². The van der Waals surface area contributed by atoms with Crippen molar-refractivity contribution >= 4 is 28.5 Å². The third-order valence-electron chi connectivity index (χ3n) is 5.12. The van der Waals surface area contributed by atoms with Crippen molar-refractivity contribution in [1.29, 1.82) is 0 Å². The predicted molar refractivity (Wildman–Crippen MR) is 123 cm³/mol. The van der Waals surface area contributed by atoms with Crippen LogP contribution in [0.15, 0.2) is 58.1 Å². The van der Waals surface area contributed by atoms with Gasteiger partial charge in [0.25, 0.3) is 5.56 Å². The van der Waals surface area contributed by atoms with Gasteiger partial charge in [-0.05, 0) is 37.6 Å². The Hall–Kier alpha value is -3.68. The van der Waals surface area contributed by atoms with Gasteiger partial charge in [0.2, 0.25) is 5.91 Å². The summed E-state index contributed by atoms with van der Waals surface area (Å²) in [6, 6.07) is 13.3. The maximum absolute atomic E-state index is 13.1. The number of unbranched alkanes of at least 4 members (excludes halogenated alkanes) is 2. The molecule has 0 unspecified atom stereocenters. The number of hydrogen-bond donors (Lipinski definition) is 1. The van der Waals surface area contributed by atoms with E-state index in [2.05, 4.69) is 5.32 Å². The maximum atomic E-state index is 13.1. The molecule has 0 bridgehead atoms. The number of amides is 1. The van der Waals surface area contributed by atoms with E-state index in [1.165, 1.54) is 9.13 Å². The topological polar surface area (TPSA) is 99.4 Å². The van der Waals surface area contributed by atoms with Gasteiger partial charge in [-0.15, -0.1) is 0 Å². The van der Waals surface area contributed by atoms with Gasteiger partial charge in [-0.3, -0.25) is 18.7 Å². The number of carbonyl (C=O) groups is 2. The van der Waals surface area contributed by atoms with Crippen molar-refractivity contribution in [3.63, 3.8) is 0 Å².